The Morgan fingerprint density at radius 2 is 1.86 bits per heavy atom. The van der Waals surface area contributed by atoms with E-state index >= 15 is 0 Å². The van der Waals surface area contributed by atoms with Gasteiger partial charge in [0.2, 0.25) is 0 Å². The van der Waals surface area contributed by atoms with Gasteiger partial charge in [0.25, 0.3) is 0 Å². The molecule has 3 rings (SSSR count). The van der Waals surface area contributed by atoms with Crippen molar-refractivity contribution in [1.29, 1.82) is 0 Å². The van der Waals surface area contributed by atoms with Gasteiger partial charge in [0.15, 0.2) is 0 Å². The SMILES string of the molecule is CCOc1ccc2oc(=O)c(-c3ccc(O)cc3)c(C)c2c1. The Morgan fingerprint density at radius 3 is 2.55 bits per heavy atom. The van der Waals surface area contributed by atoms with Crippen LogP contribution in [0, 0.1) is 6.92 Å². The number of hydrogen-bond donors (Lipinski definition) is 1. The van der Waals surface area contributed by atoms with Crippen molar-refractivity contribution in [3.8, 4) is 22.6 Å². The van der Waals surface area contributed by atoms with E-state index in [4.69, 9.17) is 9.15 Å². The largest absolute Gasteiger partial charge is 0.508 e. The smallest absolute Gasteiger partial charge is 0.344 e. The van der Waals surface area contributed by atoms with Crippen molar-refractivity contribution in [2.45, 2.75) is 13.8 Å². The number of rotatable bonds is 3. The van der Waals surface area contributed by atoms with Gasteiger partial charge >= 0.3 is 5.63 Å². The fourth-order valence-electron chi connectivity index (χ4n) is 2.55. The number of fused-ring (bicyclic) bond motifs is 1. The first-order valence-electron chi connectivity index (χ1n) is 7.10. The first-order chi connectivity index (χ1) is 10.6. The minimum Gasteiger partial charge on any atom is -0.508 e. The van der Waals surface area contributed by atoms with Crippen molar-refractivity contribution in [3.63, 3.8) is 0 Å². The van der Waals surface area contributed by atoms with Gasteiger partial charge in [0, 0.05) is 5.39 Å². The molecule has 0 spiro atoms. The first-order valence-corrected chi connectivity index (χ1v) is 7.10. The van der Waals surface area contributed by atoms with E-state index in [1.807, 2.05) is 19.9 Å². The normalized spacial score (nSPS) is 10.8. The molecule has 0 aliphatic rings. The summed E-state index contributed by atoms with van der Waals surface area (Å²) in [6.45, 7) is 4.38. The molecule has 0 saturated carbocycles. The Kier molecular flexibility index (Phi) is 3.59. The highest BCUT2D eigenvalue weighted by molar-refractivity contribution is 5.87. The number of aryl methyl sites for hydroxylation is 1. The maximum absolute atomic E-state index is 12.3. The van der Waals surface area contributed by atoms with E-state index in [0.717, 1.165) is 16.7 Å². The van der Waals surface area contributed by atoms with E-state index in [-0.39, 0.29) is 11.4 Å². The molecule has 112 valence electrons. The minimum absolute atomic E-state index is 0.158. The van der Waals surface area contributed by atoms with Gasteiger partial charge in [-0.05, 0) is 55.3 Å². The summed E-state index contributed by atoms with van der Waals surface area (Å²) in [6.07, 6.45) is 0. The van der Waals surface area contributed by atoms with Crippen LogP contribution >= 0.6 is 0 Å². The molecule has 0 radical (unpaired) electrons. The van der Waals surface area contributed by atoms with E-state index in [9.17, 15) is 9.90 Å². The highest BCUT2D eigenvalue weighted by Gasteiger charge is 2.14. The lowest BCUT2D eigenvalue weighted by molar-refractivity contribution is 0.340. The molecule has 0 unspecified atom stereocenters. The van der Waals surface area contributed by atoms with E-state index in [1.165, 1.54) is 0 Å². The highest BCUT2D eigenvalue weighted by atomic mass is 16.5. The topological polar surface area (TPSA) is 59.7 Å². The molecule has 1 N–H and O–H groups in total. The average molecular weight is 296 g/mol. The Labute approximate surface area is 127 Å². The summed E-state index contributed by atoms with van der Waals surface area (Å²) in [5.41, 5.74) is 2.20. The van der Waals surface area contributed by atoms with Crippen molar-refractivity contribution in [3.05, 3.63) is 58.4 Å². The van der Waals surface area contributed by atoms with Crippen LogP contribution in [0.3, 0.4) is 0 Å². The molecule has 1 aromatic heterocycles. The van der Waals surface area contributed by atoms with Gasteiger partial charge in [0.1, 0.15) is 17.1 Å². The summed E-state index contributed by atoms with van der Waals surface area (Å²) in [5.74, 6) is 0.897. The maximum Gasteiger partial charge on any atom is 0.344 e. The first kappa shape index (κ1) is 14.2. The van der Waals surface area contributed by atoms with Crippen molar-refractivity contribution < 1.29 is 14.3 Å². The molecule has 2 aromatic carbocycles. The number of benzene rings is 2. The summed E-state index contributed by atoms with van der Waals surface area (Å²) in [7, 11) is 0. The van der Waals surface area contributed by atoms with Crippen LogP contribution in [0.25, 0.3) is 22.1 Å². The van der Waals surface area contributed by atoms with E-state index in [0.29, 0.717) is 23.3 Å². The Hall–Kier alpha value is -2.75. The molecule has 4 heteroatoms. The van der Waals surface area contributed by atoms with Gasteiger partial charge in [-0.1, -0.05) is 12.1 Å². The van der Waals surface area contributed by atoms with Gasteiger partial charge in [0.05, 0.1) is 12.2 Å². The monoisotopic (exact) mass is 296 g/mol. The second kappa shape index (κ2) is 5.56. The van der Waals surface area contributed by atoms with Gasteiger partial charge in [-0.15, -0.1) is 0 Å². The summed E-state index contributed by atoms with van der Waals surface area (Å²) in [4.78, 5) is 12.3. The fourth-order valence-corrected chi connectivity index (χ4v) is 2.55. The summed E-state index contributed by atoms with van der Waals surface area (Å²) >= 11 is 0. The molecule has 1 heterocycles. The maximum atomic E-state index is 12.3. The lowest BCUT2D eigenvalue weighted by atomic mass is 9.99. The third-order valence-electron chi connectivity index (χ3n) is 3.60. The summed E-state index contributed by atoms with van der Waals surface area (Å²) in [5, 5.41) is 10.2. The zero-order chi connectivity index (χ0) is 15.7. The summed E-state index contributed by atoms with van der Waals surface area (Å²) < 4.78 is 10.9. The molecule has 0 aliphatic carbocycles. The molecule has 0 saturated heterocycles. The molecule has 0 fully saturated rings. The number of phenolic OH excluding ortho intramolecular Hbond substituents is 1. The van der Waals surface area contributed by atoms with Gasteiger partial charge in [-0.25, -0.2) is 4.79 Å². The van der Waals surface area contributed by atoms with Crippen LogP contribution in [-0.2, 0) is 0 Å². The van der Waals surface area contributed by atoms with Gasteiger partial charge in [-0.2, -0.15) is 0 Å². The molecule has 4 nitrogen and oxygen atoms in total. The zero-order valence-corrected chi connectivity index (χ0v) is 12.4. The second-order valence-electron chi connectivity index (χ2n) is 5.03. The van der Waals surface area contributed by atoms with Gasteiger partial charge in [-0.3, -0.25) is 0 Å². The van der Waals surface area contributed by atoms with Crippen molar-refractivity contribution >= 4 is 11.0 Å². The lowest BCUT2D eigenvalue weighted by Gasteiger charge is -2.10. The Morgan fingerprint density at radius 1 is 1.14 bits per heavy atom. The van der Waals surface area contributed by atoms with Crippen LogP contribution in [0.4, 0.5) is 0 Å². The number of ether oxygens (including phenoxy) is 1. The quantitative estimate of drug-likeness (QED) is 0.745. The molecule has 0 atom stereocenters. The van der Waals surface area contributed by atoms with Crippen LogP contribution in [0.2, 0.25) is 0 Å². The van der Waals surface area contributed by atoms with E-state index in [2.05, 4.69) is 0 Å². The Balaban J connectivity index is 2.26. The molecule has 22 heavy (non-hydrogen) atoms. The number of phenols is 1. The predicted molar refractivity (Wildman–Crippen MR) is 85.5 cm³/mol. The molecule has 0 bridgehead atoms. The van der Waals surface area contributed by atoms with Crippen LogP contribution < -0.4 is 10.4 Å². The standard InChI is InChI=1S/C18H16O4/c1-3-21-14-8-9-16-15(10-14)11(2)17(18(20)22-16)12-4-6-13(19)7-5-12/h4-10,19H,3H2,1-2H3. The average Bonchev–Trinajstić information content (AvgIpc) is 2.50. The highest BCUT2D eigenvalue weighted by Crippen LogP contribution is 2.29. The predicted octanol–water partition coefficient (Wildman–Crippen LogP) is 3.87. The van der Waals surface area contributed by atoms with Crippen LogP contribution in [0.15, 0.2) is 51.7 Å². The molecular formula is C18H16O4. The van der Waals surface area contributed by atoms with Crippen molar-refractivity contribution in [2.75, 3.05) is 6.61 Å². The van der Waals surface area contributed by atoms with Crippen LogP contribution in [-0.4, -0.2) is 11.7 Å². The summed E-state index contributed by atoms with van der Waals surface area (Å²) in [6, 6.07) is 11.9. The van der Waals surface area contributed by atoms with Crippen molar-refractivity contribution in [2.24, 2.45) is 0 Å². The van der Waals surface area contributed by atoms with Crippen molar-refractivity contribution in [1.82, 2.24) is 0 Å². The lowest BCUT2D eigenvalue weighted by Crippen LogP contribution is -2.06. The molecule has 3 aromatic rings. The number of hydrogen-bond acceptors (Lipinski definition) is 4. The van der Waals surface area contributed by atoms with E-state index < -0.39 is 0 Å². The molecule has 0 aliphatic heterocycles. The van der Waals surface area contributed by atoms with E-state index in [1.54, 1.807) is 36.4 Å². The number of aromatic hydroxyl groups is 1. The van der Waals surface area contributed by atoms with Crippen LogP contribution in [0.1, 0.15) is 12.5 Å². The third-order valence-corrected chi connectivity index (χ3v) is 3.60. The van der Waals surface area contributed by atoms with Gasteiger partial charge < -0.3 is 14.3 Å². The Bertz CT molecular complexity index is 876. The molecular weight excluding hydrogens is 280 g/mol. The zero-order valence-electron chi connectivity index (χ0n) is 12.4. The van der Waals surface area contributed by atoms with Crippen LogP contribution in [0.5, 0.6) is 11.5 Å². The fraction of sp³-hybridized carbons (Fsp3) is 0.167. The third kappa shape index (κ3) is 2.44. The molecule has 0 amide bonds. The minimum atomic E-state index is -0.389. The second-order valence-corrected chi connectivity index (χ2v) is 5.03.